The van der Waals surface area contributed by atoms with Crippen LogP contribution in [0.5, 0.6) is 0 Å². The lowest BCUT2D eigenvalue weighted by Crippen LogP contribution is -2.21. The lowest BCUT2D eigenvalue weighted by Gasteiger charge is -2.14. The molecule has 1 unspecified atom stereocenters. The minimum absolute atomic E-state index is 0.153. The van der Waals surface area contributed by atoms with E-state index in [1.807, 2.05) is 30.3 Å². The summed E-state index contributed by atoms with van der Waals surface area (Å²) in [5.41, 5.74) is 0.908. The Balaban J connectivity index is 2.44. The summed E-state index contributed by atoms with van der Waals surface area (Å²) in [6.45, 7) is 2.31. The quantitative estimate of drug-likeness (QED) is 0.526. The van der Waals surface area contributed by atoms with Gasteiger partial charge in [0.25, 0.3) is 0 Å². The third-order valence-corrected chi connectivity index (χ3v) is 3.38. The second-order valence-corrected chi connectivity index (χ2v) is 5.24. The van der Waals surface area contributed by atoms with E-state index in [0.717, 1.165) is 31.2 Å². The molecule has 1 rings (SSSR count). The summed E-state index contributed by atoms with van der Waals surface area (Å²) in [6, 6.07) is 9.40. The van der Waals surface area contributed by atoms with Crippen molar-refractivity contribution >= 4 is 11.9 Å². The highest BCUT2D eigenvalue weighted by molar-refractivity contribution is 5.79. The van der Waals surface area contributed by atoms with E-state index in [1.54, 1.807) is 0 Å². The number of esters is 1. The van der Waals surface area contributed by atoms with Crippen molar-refractivity contribution in [3.63, 3.8) is 0 Å². The number of unbranched alkanes of at least 4 members (excludes halogenated alkanes) is 3. The Labute approximate surface area is 126 Å². The maximum Gasteiger partial charge on any atom is 0.309 e. The lowest BCUT2D eigenvalue weighted by atomic mass is 9.97. The van der Waals surface area contributed by atoms with Gasteiger partial charge in [-0.25, -0.2) is 0 Å². The van der Waals surface area contributed by atoms with Gasteiger partial charge in [-0.1, -0.05) is 62.9 Å². The second-order valence-electron chi connectivity index (χ2n) is 5.24. The van der Waals surface area contributed by atoms with E-state index in [1.165, 1.54) is 0 Å². The smallest absolute Gasteiger partial charge is 0.309 e. The van der Waals surface area contributed by atoms with Gasteiger partial charge in [0.15, 0.2) is 0 Å². The zero-order valence-electron chi connectivity index (χ0n) is 12.6. The van der Waals surface area contributed by atoms with E-state index < -0.39 is 17.9 Å². The first kappa shape index (κ1) is 17.2. The Morgan fingerprint density at radius 1 is 1.14 bits per heavy atom. The topological polar surface area (TPSA) is 63.6 Å². The Bertz CT molecular complexity index is 428. The highest BCUT2D eigenvalue weighted by Crippen LogP contribution is 2.17. The predicted octanol–water partition coefficient (Wildman–Crippen LogP) is 3.79. The van der Waals surface area contributed by atoms with E-state index >= 15 is 0 Å². The van der Waals surface area contributed by atoms with Gasteiger partial charge in [-0.05, 0) is 12.0 Å². The zero-order valence-corrected chi connectivity index (χ0v) is 12.6. The van der Waals surface area contributed by atoms with Gasteiger partial charge in [-0.3, -0.25) is 9.59 Å². The fraction of sp³-hybridized carbons (Fsp3) is 0.529. The number of aliphatic carboxylic acids is 1. The number of carboxylic acids is 1. The zero-order chi connectivity index (χ0) is 15.5. The summed E-state index contributed by atoms with van der Waals surface area (Å²) in [4.78, 5) is 22.9. The Kier molecular flexibility index (Phi) is 8.17. The molecule has 0 saturated heterocycles. The molecule has 0 saturated carbocycles. The van der Waals surface area contributed by atoms with Crippen molar-refractivity contribution in [3.8, 4) is 0 Å². The molecule has 0 bridgehead atoms. The molecule has 0 fully saturated rings. The largest absolute Gasteiger partial charge is 0.481 e. The van der Waals surface area contributed by atoms with Crippen LogP contribution in [0.15, 0.2) is 30.3 Å². The van der Waals surface area contributed by atoms with Crippen LogP contribution in [0.1, 0.15) is 51.0 Å². The Morgan fingerprint density at radius 2 is 1.86 bits per heavy atom. The molecule has 0 aliphatic rings. The molecule has 1 atom stereocenters. The summed E-state index contributed by atoms with van der Waals surface area (Å²) in [6.07, 6.45) is 4.55. The van der Waals surface area contributed by atoms with Crippen LogP contribution in [0.25, 0.3) is 0 Å². The number of hydrogen-bond donors (Lipinski definition) is 1. The highest BCUT2D eigenvalue weighted by Gasteiger charge is 2.22. The van der Waals surface area contributed by atoms with Gasteiger partial charge in [0.05, 0.1) is 12.3 Å². The summed E-state index contributed by atoms with van der Waals surface area (Å²) < 4.78 is 5.25. The Hall–Kier alpha value is -1.84. The van der Waals surface area contributed by atoms with Crippen LogP contribution >= 0.6 is 0 Å². The molecular weight excluding hydrogens is 268 g/mol. The first-order valence-electron chi connectivity index (χ1n) is 7.55. The molecular formula is C17H24O4. The monoisotopic (exact) mass is 292 g/mol. The van der Waals surface area contributed by atoms with Crippen LogP contribution in [0.3, 0.4) is 0 Å². The maximum absolute atomic E-state index is 12.0. The highest BCUT2D eigenvalue weighted by atomic mass is 16.5. The van der Waals surface area contributed by atoms with Gasteiger partial charge >= 0.3 is 11.9 Å². The standard InChI is InChI=1S/C17H24O4/c1-2-3-4-8-11-15(12-16(18)19)17(20)21-13-14-9-6-5-7-10-14/h5-7,9-10,15H,2-4,8,11-13H2,1H3,(H,18,19). The lowest BCUT2D eigenvalue weighted by molar-refractivity contribution is -0.154. The third-order valence-electron chi connectivity index (χ3n) is 3.38. The fourth-order valence-electron chi connectivity index (χ4n) is 2.18. The molecule has 1 aromatic carbocycles. The molecule has 0 amide bonds. The van der Waals surface area contributed by atoms with E-state index in [2.05, 4.69) is 6.92 Å². The first-order valence-corrected chi connectivity index (χ1v) is 7.55. The number of carboxylic acid groups (broad SMARTS) is 1. The van der Waals surface area contributed by atoms with Gasteiger partial charge in [0.2, 0.25) is 0 Å². The summed E-state index contributed by atoms with van der Waals surface area (Å²) in [5.74, 6) is -1.90. The number of benzene rings is 1. The minimum atomic E-state index is -0.952. The predicted molar refractivity (Wildman–Crippen MR) is 80.7 cm³/mol. The van der Waals surface area contributed by atoms with Gasteiger partial charge < -0.3 is 9.84 Å². The number of carbonyl (C=O) groups excluding carboxylic acids is 1. The van der Waals surface area contributed by atoms with Gasteiger partial charge in [-0.15, -0.1) is 0 Å². The molecule has 1 aromatic rings. The van der Waals surface area contributed by atoms with E-state index in [-0.39, 0.29) is 13.0 Å². The van der Waals surface area contributed by atoms with Crippen molar-refractivity contribution in [3.05, 3.63) is 35.9 Å². The maximum atomic E-state index is 12.0. The van der Waals surface area contributed by atoms with Crippen molar-refractivity contribution in [2.75, 3.05) is 0 Å². The SMILES string of the molecule is CCCCCCC(CC(=O)O)C(=O)OCc1ccccc1. The summed E-state index contributed by atoms with van der Waals surface area (Å²) >= 11 is 0. The minimum Gasteiger partial charge on any atom is -0.481 e. The molecule has 0 aromatic heterocycles. The van der Waals surface area contributed by atoms with Crippen molar-refractivity contribution < 1.29 is 19.4 Å². The van der Waals surface area contributed by atoms with E-state index in [0.29, 0.717) is 6.42 Å². The van der Waals surface area contributed by atoms with E-state index in [9.17, 15) is 9.59 Å². The number of carbonyl (C=O) groups is 2. The molecule has 4 heteroatoms. The van der Waals surface area contributed by atoms with Gasteiger partial charge in [0.1, 0.15) is 6.61 Å². The number of ether oxygens (including phenoxy) is 1. The molecule has 0 aliphatic heterocycles. The average Bonchev–Trinajstić information content (AvgIpc) is 2.48. The molecule has 0 radical (unpaired) electrons. The van der Waals surface area contributed by atoms with Crippen molar-refractivity contribution in [1.29, 1.82) is 0 Å². The average molecular weight is 292 g/mol. The van der Waals surface area contributed by atoms with Crippen LogP contribution in [0, 0.1) is 5.92 Å². The third kappa shape index (κ3) is 7.49. The second kappa shape index (κ2) is 9.97. The molecule has 1 N–H and O–H groups in total. The molecule has 0 spiro atoms. The fourth-order valence-corrected chi connectivity index (χ4v) is 2.18. The molecule has 4 nitrogen and oxygen atoms in total. The van der Waals surface area contributed by atoms with Crippen LogP contribution in [0.4, 0.5) is 0 Å². The van der Waals surface area contributed by atoms with Crippen molar-refractivity contribution in [1.82, 2.24) is 0 Å². The number of rotatable bonds is 10. The normalized spacial score (nSPS) is 11.9. The Morgan fingerprint density at radius 3 is 2.48 bits per heavy atom. The molecule has 0 heterocycles. The molecule has 116 valence electrons. The van der Waals surface area contributed by atoms with Gasteiger partial charge in [0, 0.05) is 0 Å². The summed E-state index contributed by atoms with van der Waals surface area (Å²) in [5, 5.41) is 8.91. The van der Waals surface area contributed by atoms with Crippen LogP contribution in [-0.4, -0.2) is 17.0 Å². The van der Waals surface area contributed by atoms with Crippen LogP contribution in [0.2, 0.25) is 0 Å². The van der Waals surface area contributed by atoms with Crippen LogP contribution in [-0.2, 0) is 20.9 Å². The first-order chi connectivity index (χ1) is 10.1. The molecule has 21 heavy (non-hydrogen) atoms. The molecule has 0 aliphatic carbocycles. The summed E-state index contributed by atoms with van der Waals surface area (Å²) in [7, 11) is 0. The van der Waals surface area contributed by atoms with E-state index in [4.69, 9.17) is 9.84 Å². The van der Waals surface area contributed by atoms with Crippen LogP contribution < -0.4 is 0 Å². The van der Waals surface area contributed by atoms with Crippen molar-refractivity contribution in [2.45, 2.75) is 52.1 Å². The number of hydrogen-bond acceptors (Lipinski definition) is 3. The van der Waals surface area contributed by atoms with Gasteiger partial charge in [-0.2, -0.15) is 0 Å². The van der Waals surface area contributed by atoms with Crippen molar-refractivity contribution in [2.24, 2.45) is 5.92 Å².